The summed E-state index contributed by atoms with van der Waals surface area (Å²) in [4.78, 5) is 1.53. The van der Waals surface area contributed by atoms with E-state index in [0.29, 0.717) is 0 Å². The van der Waals surface area contributed by atoms with Crippen LogP contribution < -0.4 is 4.74 Å². The molecule has 0 N–H and O–H groups in total. The highest BCUT2D eigenvalue weighted by Crippen LogP contribution is 2.26. The van der Waals surface area contributed by atoms with E-state index >= 15 is 0 Å². The summed E-state index contributed by atoms with van der Waals surface area (Å²) < 4.78 is 6.12. The second-order valence-electron chi connectivity index (χ2n) is 2.67. The molecule has 0 atom stereocenters. The number of aromatic nitrogens is 3. The van der Waals surface area contributed by atoms with E-state index in [1.54, 1.807) is 14.2 Å². The van der Waals surface area contributed by atoms with Crippen molar-refractivity contribution in [3.05, 3.63) is 16.6 Å². The Morgan fingerprint density at radius 1 is 1.38 bits per heavy atom. The van der Waals surface area contributed by atoms with Crippen molar-refractivity contribution in [3.8, 4) is 5.75 Å². The lowest BCUT2D eigenvalue weighted by Gasteiger charge is -1.99. The smallest absolute Gasteiger partial charge is 0.155 e. The van der Waals surface area contributed by atoms with Gasteiger partial charge < -0.3 is 4.74 Å². The van der Waals surface area contributed by atoms with Crippen molar-refractivity contribution in [1.29, 1.82) is 0 Å². The molecule has 0 saturated carbocycles. The van der Waals surface area contributed by atoms with Gasteiger partial charge in [-0.2, -0.15) is 9.90 Å². The number of rotatable bonds is 1. The normalized spacial score (nSPS) is 10.7. The van der Waals surface area contributed by atoms with Crippen LogP contribution in [0.1, 0.15) is 0 Å². The number of hydrogen-bond acceptors (Lipinski definition) is 3. The first-order valence-electron chi connectivity index (χ1n) is 3.75. The van der Waals surface area contributed by atoms with E-state index < -0.39 is 0 Å². The fourth-order valence-corrected chi connectivity index (χ4v) is 1.64. The van der Waals surface area contributed by atoms with Crippen molar-refractivity contribution in [1.82, 2.24) is 15.0 Å². The molecule has 0 radical (unpaired) electrons. The van der Waals surface area contributed by atoms with E-state index in [0.717, 1.165) is 21.3 Å². The highest BCUT2D eigenvalue weighted by Gasteiger charge is 2.07. The molecular formula is C8H8BrN3O. The van der Waals surface area contributed by atoms with Crippen molar-refractivity contribution in [2.75, 3.05) is 7.11 Å². The van der Waals surface area contributed by atoms with Gasteiger partial charge in [0.05, 0.1) is 7.11 Å². The Balaban J connectivity index is 2.80. The standard InChI is InChI=1S/C8H8BrN3O/c1-12-10-6-3-5(9)4-7(13-2)8(6)11-12/h3-4H,1-2H3. The highest BCUT2D eigenvalue weighted by molar-refractivity contribution is 9.10. The van der Waals surface area contributed by atoms with E-state index in [1.807, 2.05) is 12.1 Å². The SMILES string of the molecule is COc1cc(Br)cc2nn(C)nc12. The van der Waals surface area contributed by atoms with Gasteiger partial charge >= 0.3 is 0 Å². The van der Waals surface area contributed by atoms with Gasteiger partial charge in [0.15, 0.2) is 5.52 Å². The van der Waals surface area contributed by atoms with Crippen LogP contribution in [0, 0.1) is 0 Å². The summed E-state index contributed by atoms with van der Waals surface area (Å²) in [6.07, 6.45) is 0. The van der Waals surface area contributed by atoms with Crippen LogP contribution >= 0.6 is 15.9 Å². The Labute approximate surface area is 83.6 Å². The first-order valence-corrected chi connectivity index (χ1v) is 4.54. The molecule has 68 valence electrons. The summed E-state index contributed by atoms with van der Waals surface area (Å²) >= 11 is 3.38. The van der Waals surface area contributed by atoms with Gasteiger partial charge in [-0.1, -0.05) is 15.9 Å². The predicted molar refractivity (Wildman–Crippen MR) is 52.8 cm³/mol. The molecule has 0 bridgehead atoms. The number of benzene rings is 1. The van der Waals surface area contributed by atoms with Crippen molar-refractivity contribution in [3.63, 3.8) is 0 Å². The van der Waals surface area contributed by atoms with E-state index in [4.69, 9.17) is 4.74 Å². The third-order valence-electron chi connectivity index (χ3n) is 1.74. The number of methoxy groups -OCH3 is 1. The van der Waals surface area contributed by atoms with Crippen molar-refractivity contribution in [2.45, 2.75) is 0 Å². The van der Waals surface area contributed by atoms with Crippen LogP contribution in [0.25, 0.3) is 11.0 Å². The lowest BCUT2D eigenvalue weighted by molar-refractivity contribution is 0.418. The minimum absolute atomic E-state index is 0.734. The molecular weight excluding hydrogens is 234 g/mol. The quantitative estimate of drug-likeness (QED) is 0.764. The zero-order valence-electron chi connectivity index (χ0n) is 7.28. The zero-order valence-corrected chi connectivity index (χ0v) is 8.87. The van der Waals surface area contributed by atoms with Gasteiger partial charge in [-0.05, 0) is 12.1 Å². The molecule has 4 nitrogen and oxygen atoms in total. The number of ether oxygens (including phenoxy) is 1. The van der Waals surface area contributed by atoms with E-state index in [9.17, 15) is 0 Å². The maximum Gasteiger partial charge on any atom is 0.155 e. The van der Waals surface area contributed by atoms with Crippen LogP contribution in [0.2, 0.25) is 0 Å². The molecule has 1 heterocycles. The van der Waals surface area contributed by atoms with Crippen LogP contribution in [0.5, 0.6) is 5.75 Å². The summed E-state index contributed by atoms with van der Waals surface area (Å²) in [5.41, 5.74) is 1.61. The molecule has 0 aliphatic rings. The summed E-state index contributed by atoms with van der Waals surface area (Å²) in [7, 11) is 3.41. The molecule has 0 amide bonds. The maximum atomic E-state index is 5.18. The molecule has 2 aromatic rings. The van der Waals surface area contributed by atoms with Crippen molar-refractivity contribution >= 4 is 27.0 Å². The average Bonchev–Trinajstić information content (AvgIpc) is 2.43. The fraction of sp³-hybridized carbons (Fsp3) is 0.250. The topological polar surface area (TPSA) is 39.9 Å². The van der Waals surface area contributed by atoms with Crippen LogP contribution in [-0.2, 0) is 7.05 Å². The lowest BCUT2D eigenvalue weighted by Crippen LogP contribution is -1.91. The minimum atomic E-state index is 0.734. The van der Waals surface area contributed by atoms with Crippen LogP contribution in [-0.4, -0.2) is 22.1 Å². The molecule has 1 aromatic carbocycles. The van der Waals surface area contributed by atoms with Gasteiger partial charge in [0.2, 0.25) is 0 Å². The Morgan fingerprint density at radius 2 is 2.15 bits per heavy atom. The number of halogens is 1. The van der Waals surface area contributed by atoms with Crippen molar-refractivity contribution in [2.24, 2.45) is 7.05 Å². The maximum absolute atomic E-state index is 5.18. The molecule has 5 heteroatoms. The van der Waals surface area contributed by atoms with Gasteiger partial charge in [-0.3, -0.25) is 0 Å². The first-order chi connectivity index (χ1) is 6.20. The van der Waals surface area contributed by atoms with Crippen molar-refractivity contribution < 1.29 is 4.74 Å². The second-order valence-corrected chi connectivity index (χ2v) is 3.58. The Hall–Kier alpha value is -1.10. The summed E-state index contributed by atoms with van der Waals surface area (Å²) in [6.45, 7) is 0. The van der Waals surface area contributed by atoms with Gasteiger partial charge in [0, 0.05) is 11.5 Å². The Kier molecular flexibility index (Phi) is 1.95. The molecule has 0 spiro atoms. The molecule has 2 rings (SSSR count). The fourth-order valence-electron chi connectivity index (χ4n) is 1.22. The zero-order chi connectivity index (χ0) is 9.42. The molecule has 0 unspecified atom stereocenters. The first kappa shape index (κ1) is 8.50. The van der Waals surface area contributed by atoms with Gasteiger partial charge in [0.25, 0.3) is 0 Å². The summed E-state index contributed by atoms with van der Waals surface area (Å²) in [5, 5.41) is 8.36. The summed E-state index contributed by atoms with van der Waals surface area (Å²) in [5.74, 6) is 0.734. The molecule has 0 saturated heterocycles. The highest BCUT2D eigenvalue weighted by atomic mass is 79.9. The van der Waals surface area contributed by atoms with E-state index in [2.05, 4.69) is 26.1 Å². The number of nitrogens with zero attached hydrogens (tertiary/aromatic N) is 3. The Morgan fingerprint density at radius 3 is 2.85 bits per heavy atom. The van der Waals surface area contributed by atoms with Crippen LogP contribution in [0.3, 0.4) is 0 Å². The monoisotopic (exact) mass is 241 g/mol. The van der Waals surface area contributed by atoms with Crippen LogP contribution in [0.15, 0.2) is 16.6 Å². The van der Waals surface area contributed by atoms with E-state index in [1.165, 1.54) is 4.80 Å². The number of aryl methyl sites for hydroxylation is 1. The largest absolute Gasteiger partial charge is 0.494 e. The third kappa shape index (κ3) is 1.39. The van der Waals surface area contributed by atoms with Gasteiger partial charge in [-0.15, -0.1) is 5.10 Å². The molecule has 0 aliphatic heterocycles. The minimum Gasteiger partial charge on any atom is -0.494 e. The van der Waals surface area contributed by atoms with Gasteiger partial charge in [0.1, 0.15) is 11.3 Å². The predicted octanol–water partition coefficient (Wildman–Crippen LogP) is 1.74. The molecule has 13 heavy (non-hydrogen) atoms. The average molecular weight is 242 g/mol. The Bertz CT molecular complexity index is 452. The third-order valence-corrected chi connectivity index (χ3v) is 2.19. The summed E-state index contributed by atoms with van der Waals surface area (Å²) in [6, 6.07) is 3.78. The van der Waals surface area contributed by atoms with Crippen LogP contribution in [0.4, 0.5) is 0 Å². The number of hydrogen-bond donors (Lipinski definition) is 0. The molecule has 0 fully saturated rings. The van der Waals surface area contributed by atoms with E-state index in [-0.39, 0.29) is 0 Å². The molecule has 0 aliphatic carbocycles. The second kappa shape index (κ2) is 2.99. The lowest BCUT2D eigenvalue weighted by atomic mass is 10.3. The number of fused-ring (bicyclic) bond motifs is 1. The van der Waals surface area contributed by atoms with Gasteiger partial charge in [-0.25, -0.2) is 0 Å². The molecule has 1 aromatic heterocycles.